The van der Waals surface area contributed by atoms with Crippen LogP contribution in [0.5, 0.6) is 0 Å². The molecule has 122 valence electrons. The van der Waals surface area contributed by atoms with Crippen molar-refractivity contribution in [3.05, 3.63) is 30.6 Å². The van der Waals surface area contributed by atoms with Gasteiger partial charge in [-0.25, -0.2) is 0 Å². The average molecular weight is 306 g/mol. The summed E-state index contributed by atoms with van der Waals surface area (Å²) < 4.78 is 7.77. The second-order valence-electron chi connectivity index (χ2n) is 5.63. The van der Waals surface area contributed by atoms with Crippen molar-refractivity contribution in [2.45, 2.75) is 39.0 Å². The minimum Gasteiger partial charge on any atom is -0.373 e. The molecule has 2 heterocycles. The van der Waals surface area contributed by atoms with Crippen LogP contribution >= 0.6 is 0 Å². The number of hydrogen-bond donors (Lipinski definition) is 2. The van der Waals surface area contributed by atoms with Gasteiger partial charge in [-0.05, 0) is 20.3 Å². The number of carbonyl (C=O) groups excluding carboxylic acids is 1. The van der Waals surface area contributed by atoms with Gasteiger partial charge in [0.15, 0.2) is 0 Å². The van der Waals surface area contributed by atoms with Crippen molar-refractivity contribution in [2.24, 2.45) is 5.92 Å². The van der Waals surface area contributed by atoms with E-state index in [1.165, 1.54) is 0 Å². The van der Waals surface area contributed by atoms with Gasteiger partial charge in [0, 0.05) is 43.9 Å². The number of aryl methyl sites for hydroxylation is 1. The lowest BCUT2D eigenvalue weighted by atomic mass is 9.97. The zero-order valence-electron chi connectivity index (χ0n) is 13.4. The molecule has 1 aliphatic heterocycles. The summed E-state index contributed by atoms with van der Waals surface area (Å²) in [5.41, 5.74) is 1.12. The molecule has 0 saturated carbocycles. The Morgan fingerprint density at radius 3 is 3.18 bits per heavy atom. The van der Waals surface area contributed by atoms with E-state index in [1.54, 1.807) is 6.08 Å². The second-order valence-corrected chi connectivity index (χ2v) is 5.63. The highest BCUT2D eigenvalue weighted by Crippen LogP contribution is 2.33. The Kier molecular flexibility index (Phi) is 6.15. The molecule has 22 heavy (non-hydrogen) atoms. The topological polar surface area (TPSA) is 68.2 Å². The molecule has 1 saturated heterocycles. The molecule has 1 aliphatic rings. The summed E-state index contributed by atoms with van der Waals surface area (Å²) >= 11 is 0. The molecule has 2 N–H and O–H groups in total. The standard InChI is InChI=1S/C16H26N4O2/c1-4-7-17-16(21)12(3)18-9-13-6-8-22-15(13)14-10-19-20(5-2)11-14/h4,10-13,15,18H,1,5-9H2,2-3H3,(H,17,21)/t12-,13-,15+/m0/s1. The summed E-state index contributed by atoms with van der Waals surface area (Å²) in [7, 11) is 0. The third-order valence-electron chi connectivity index (χ3n) is 4.02. The molecule has 0 aliphatic carbocycles. The van der Waals surface area contributed by atoms with Gasteiger partial charge in [0.05, 0.1) is 18.3 Å². The number of rotatable bonds is 8. The van der Waals surface area contributed by atoms with E-state index in [9.17, 15) is 4.79 Å². The molecule has 1 aromatic heterocycles. The van der Waals surface area contributed by atoms with Gasteiger partial charge in [-0.3, -0.25) is 9.48 Å². The quantitative estimate of drug-likeness (QED) is 0.710. The van der Waals surface area contributed by atoms with Crippen LogP contribution in [0.25, 0.3) is 0 Å². The van der Waals surface area contributed by atoms with E-state index in [2.05, 4.69) is 29.2 Å². The number of carbonyl (C=O) groups is 1. The maximum Gasteiger partial charge on any atom is 0.237 e. The van der Waals surface area contributed by atoms with E-state index in [4.69, 9.17) is 4.74 Å². The fraction of sp³-hybridized carbons (Fsp3) is 0.625. The van der Waals surface area contributed by atoms with Crippen LogP contribution < -0.4 is 10.6 Å². The summed E-state index contributed by atoms with van der Waals surface area (Å²) in [6.07, 6.45) is 6.67. The van der Waals surface area contributed by atoms with Crippen LogP contribution in [0.4, 0.5) is 0 Å². The lowest BCUT2D eigenvalue weighted by molar-refractivity contribution is -0.122. The molecule has 3 atom stereocenters. The number of aromatic nitrogens is 2. The molecular formula is C16H26N4O2. The predicted octanol–water partition coefficient (Wildman–Crippen LogP) is 1.26. The Hall–Kier alpha value is -1.66. The summed E-state index contributed by atoms with van der Waals surface area (Å²) in [6.45, 7) is 10.4. The molecule has 0 radical (unpaired) electrons. The molecule has 0 aromatic carbocycles. The molecule has 0 unspecified atom stereocenters. The molecule has 1 amide bonds. The normalized spacial score (nSPS) is 22.5. The highest BCUT2D eigenvalue weighted by Gasteiger charge is 2.31. The first-order chi connectivity index (χ1) is 10.7. The second kappa shape index (κ2) is 8.10. The predicted molar refractivity (Wildman–Crippen MR) is 85.4 cm³/mol. The minimum absolute atomic E-state index is 0.00540. The molecule has 1 aromatic rings. The third kappa shape index (κ3) is 4.18. The summed E-state index contributed by atoms with van der Waals surface area (Å²) in [5, 5.41) is 10.4. The number of nitrogens with zero attached hydrogens (tertiary/aromatic N) is 2. The van der Waals surface area contributed by atoms with Gasteiger partial charge in [-0.15, -0.1) is 6.58 Å². The van der Waals surface area contributed by atoms with E-state index >= 15 is 0 Å². The summed E-state index contributed by atoms with van der Waals surface area (Å²) in [5.74, 6) is 0.360. The smallest absolute Gasteiger partial charge is 0.237 e. The summed E-state index contributed by atoms with van der Waals surface area (Å²) in [6, 6.07) is -0.223. The van der Waals surface area contributed by atoms with Crippen molar-refractivity contribution in [2.75, 3.05) is 19.7 Å². The van der Waals surface area contributed by atoms with Crippen molar-refractivity contribution >= 4 is 5.91 Å². The van der Waals surface area contributed by atoms with Crippen LogP contribution in [-0.2, 0) is 16.1 Å². The van der Waals surface area contributed by atoms with E-state index in [1.807, 2.05) is 24.0 Å². The van der Waals surface area contributed by atoms with Crippen LogP contribution in [0.1, 0.15) is 31.9 Å². The van der Waals surface area contributed by atoms with Crippen LogP contribution in [-0.4, -0.2) is 41.4 Å². The SMILES string of the molecule is C=CCNC(=O)[C@H](C)NC[C@@H]1CCO[C@H]1c1cnn(CC)c1. The van der Waals surface area contributed by atoms with Gasteiger partial charge < -0.3 is 15.4 Å². The van der Waals surface area contributed by atoms with E-state index < -0.39 is 0 Å². The van der Waals surface area contributed by atoms with Gasteiger partial charge >= 0.3 is 0 Å². The Morgan fingerprint density at radius 1 is 1.68 bits per heavy atom. The highest BCUT2D eigenvalue weighted by molar-refractivity contribution is 5.81. The Morgan fingerprint density at radius 2 is 2.50 bits per heavy atom. The van der Waals surface area contributed by atoms with Crippen molar-refractivity contribution in [1.29, 1.82) is 0 Å². The van der Waals surface area contributed by atoms with Gasteiger partial charge in [0.1, 0.15) is 0 Å². The van der Waals surface area contributed by atoms with Gasteiger partial charge in [0.2, 0.25) is 5.91 Å². The van der Waals surface area contributed by atoms with Gasteiger partial charge in [0.25, 0.3) is 0 Å². The van der Waals surface area contributed by atoms with Crippen molar-refractivity contribution in [3.8, 4) is 0 Å². The fourth-order valence-electron chi connectivity index (χ4n) is 2.66. The van der Waals surface area contributed by atoms with Gasteiger partial charge in [-0.1, -0.05) is 6.08 Å². The maximum atomic E-state index is 11.8. The fourth-order valence-corrected chi connectivity index (χ4v) is 2.66. The zero-order chi connectivity index (χ0) is 15.9. The van der Waals surface area contributed by atoms with Crippen LogP contribution in [0.2, 0.25) is 0 Å². The first-order valence-electron chi connectivity index (χ1n) is 7.91. The number of nitrogens with one attached hydrogen (secondary N) is 2. The molecular weight excluding hydrogens is 280 g/mol. The highest BCUT2D eigenvalue weighted by atomic mass is 16.5. The summed E-state index contributed by atoms with van der Waals surface area (Å²) in [4.78, 5) is 11.8. The molecule has 0 spiro atoms. The van der Waals surface area contributed by atoms with E-state index in [0.29, 0.717) is 12.5 Å². The average Bonchev–Trinajstić information content (AvgIpc) is 3.18. The lowest BCUT2D eigenvalue weighted by Crippen LogP contribution is -2.44. The van der Waals surface area contributed by atoms with Crippen LogP contribution in [0.15, 0.2) is 25.0 Å². The minimum atomic E-state index is -0.223. The molecule has 1 fully saturated rings. The van der Waals surface area contributed by atoms with E-state index in [0.717, 1.165) is 31.7 Å². The third-order valence-corrected chi connectivity index (χ3v) is 4.02. The molecule has 2 rings (SSSR count). The Balaban J connectivity index is 1.86. The Labute approximate surface area is 131 Å². The van der Waals surface area contributed by atoms with Crippen molar-refractivity contribution < 1.29 is 9.53 Å². The molecule has 6 heteroatoms. The first kappa shape index (κ1) is 16.7. The van der Waals surface area contributed by atoms with Crippen molar-refractivity contribution in [1.82, 2.24) is 20.4 Å². The first-order valence-corrected chi connectivity index (χ1v) is 7.91. The molecule has 0 bridgehead atoms. The number of hydrogen-bond acceptors (Lipinski definition) is 4. The Bertz CT molecular complexity index is 500. The molecule has 6 nitrogen and oxygen atoms in total. The van der Waals surface area contributed by atoms with Gasteiger partial charge in [-0.2, -0.15) is 5.10 Å². The van der Waals surface area contributed by atoms with E-state index in [-0.39, 0.29) is 18.1 Å². The maximum absolute atomic E-state index is 11.8. The monoisotopic (exact) mass is 306 g/mol. The largest absolute Gasteiger partial charge is 0.373 e. The zero-order valence-corrected chi connectivity index (χ0v) is 13.4. The van der Waals surface area contributed by atoms with Crippen LogP contribution in [0, 0.1) is 5.92 Å². The number of ether oxygens (including phenoxy) is 1. The number of amides is 1. The lowest BCUT2D eigenvalue weighted by Gasteiger charge is -2.20. The van der Waals surface area contributed by atoms with Crippen LogP contribution in [0.3, 0.4) is 0 Å². The van der Waals surface area contributed by atoms with Crippen molar-refractivity contribution in [3.63, 3.8) is 0 Å².